The number of hydrogen-bond acceptors (Lipinski definition) is 1. The van der Waals surface area contributed by atoms with E-state index < -0.39 is 0 Å². The number of halogens is 4. The third-order valence-corrected chi connectivity index (χ3v) is 3.77. The van der Waals surface area contributed by atoms with Gasteiger partial charge in [0.15, 0.2) is 0 Å². The maximum absolute atomic E-state index is 6.17. The molecule has 2 aromatic carbocycles. The molecule has 18 heavy (non-hydrogen) atoms. The van der Waals surface area contributed by atoms with Crippen molar-refractivity contribution in [2.75, 3.05) is 0 Å². The van der Waals surface area contributed by atoms with Crippen LogP contribution in [-0.2, 0) is 6.54 Å². The van der Waals surface area contributed by atoms with Crippen LogP contribution in [0, 0.1) is 0 Å². The first kappa shape index (κ1) is 14.0. The molecule has 0 heterocycles. The fourth-order valence-electron chi connectivity index (χ4n) is 1.67. The Kier molecular flexibility index (Phi) is 4.41. The SMILES string of the molecule is NCc1cc(Cl)cc(-c2cc(Cl)c(Cl)cc2Cl)c1. The van der Waals surface area contributed by atoms with Gasteiger partial charge in [-0.15, -0.1) is 0 Å². The lowest BCUT2D eigenvalue weighted by Gasteiger charge is -2.09. The molecule has 5 heteroatoms. The third kappa shape index (κ3) is 2.93. The van der Waals surface area contributed by atoms with Gasteiger partial charge in [-0.3, -0.25) is 0 Å². The van der Waals surface area contributed by atoms with E-state index >= 15 is 0 Å². The zero-order valence-electron chi connectivity index (χ0n) is 9.18. The highest BCUT2D eigenvalue weighted by Gasteiger charge is 2.09. The molecule has 0 fully saturated rings. The normalized spacial score (nSPS) is 10.7. The van der Waals surface area contributed by atoms with Gasteiger partial charge in [0.1, 0.15) is 0 Å². The molecule has 94 valence electrons. The summed E-state index contributed by atoms with van der Waals surface area (Å²) in [5.41, 5.74) is 8.20. The summed E-state index contributed by atoms with van der Waals surface area (Å²) in [7, 11) is 0. The van der Waals surface area contributed by atoms with Crippen molar-refractivity contribution < 1.29 is 0 Å². The highest BCUT2D eigenvalue weighted by Crippen LogP contribution is 2.36. The second-order valence-corrected chi connectivity index (χ2v) is 5.46. The first-order valence-electron chi connectivity index (χ1n) is 5.15. The number of benzene rings is 2. The molecule has 1 nitrogen and oxygen atoms in total. The Morgan fingerprint density at radius 3 is 2.11 bits per heavy atom. The van der Waals surface area contributed by atoms with Crippen molar-refractivity contribution in [1.82, 2.24) is 0 Å². The maximum Gasteiger partial charge on any atom is 0.0607 e. The van der Waals surface area contributed by atoms with Gasteiger partial charge >= 0.3 is 0 Å². The van der Waals surface area contributed by atoms with Gasteiger partial charge in [0.05, 0.1) is 10.0 Å². The average Bonchev–Trinajstić information content (AvgIpc) is 2.33. The molecule has 2 N–H and O–H groups in total. The van der Waals surface area contributed by atoms with Crippen molar-refractivity contribution in [1.29, 1.82) is 0 Å². The molecule has 2 aromatic rings. The van der Waals surface area contributed by atoms with Crippen LogP contribution in [0.4, 0.5) is 0 Å². The molecule has 0 aliphatic heterocycles. The lowest BCUT2D eigenvalue weighted by molar-refractivity contribution is 1.07. The minimum absolute atomic E-state index is 0.409. The number of rotatable bonds is 2. The van der Waals surface area contributed by atoms with Gasteiger partial charge in [0, 0.05) is 22.2 Å². The first-order chi connectivity index (χ1) is 8.51. The van der Waals surface area contributed by atoms with Crippen molar-refractivity contribution in [2.45, 2.75) is 6.54 Å². The van der Waals surface area contributed by atoms with Crippen LogP contribution < -0.4 is 5.73 Å². The summed E-state index contributed by atoms with van der Waals surface area (Å²) in [5, 5.41) is 2.00. The molecule has 0 spiro atoms. The van der Waals surface area contributed by atoms with Crippen LogP contribution in [0.25, 0.3) is 11.1 Å². The molecule has 0 aliphatic carbocycles. The Balaban J connectivity index is 2.61. The summed E-state index contributed by atoms with van der Waals surface area (Å²) < 4.78 is 0. The lowest BCUT2D eigenvalue weighted by Crippen LogP contribution is -1.96. The Morgan fingerprint density at radius 1 is 0.778 bits per heavy atom. The van der Waals surface area contributed by atoms with Crippen molar-refractivity contribution in [3.05, 3.63) is 56.0 Å². The van der Waals surface area contributed by atoms with E-state index in [1.807, 2.05) is 18.2 Å². The Morgan fingerprint density at radius 2 is 1.44 bits per heavy atom. The van der Waals surface area contributed by atoms with Crippen LogP contribution in [0.2, 0.25) is 20.1 Å². The smallest absolute Gasteiger partial charge is 0.0607 e. The molecule has 2 rings (SSSR count). The molecule has 0 amide bonds. The predicted octanol–water partition coefficient (Wildman–Crippen LogP) is 5.43. The first-order valence-corrected chi connectivity index (χ1v) is 6.67. The fourth-order valence-corrected chi connectivity index (χ4v) is 2.58. The maximum atomic E-state index is 6.17. The van der Waals surface area contributed by atoms with E-state index in [0.29, 0.717) is 26.6 Å². The standard InChI is InChI=1S/C13H9Cl4N/c14-9-2-7(6-18)1-8(3-9)10-4-12(16)13(17)5-11(10)15/h1-5H,6,18H2. The summed E-state index contributed by atoms with van der Waals surface area (Å²) in [4.78, 5) is 0. The summed E-state index contributed by atoms with van der Waals surface area (Å²) >= 11 is 24.1. The second-order valence-electron chi connectivity index (χ2n) is 3.80. The average molecular weight is 321 g/mol. The monoisotopic (exact) mass is 319 g/mol. The van der Waals surface area contributed by atoms with E-state index in [1.54, 1.807) is 12.1 Å². The van der Waals surface area contributed by atoms with Crippen molar-refractivity contribution >= 4 is 46.4 Å². The Hall–Kier alpha value is -0.440. The van der Waals surface area contributed by atoms with Crippen molar-refractivity contribution in [3.8, 4) is 11.1 Å². The van der Waals surface area contributed by atoms with E-state index in [1.165, 1.54) is 0 Å². The zero-order valence-corrected chi connectivity index (χ0v) is 12.2. The minimum Gasteiger partial charge on any atom is -0.326 e. The highest BCUT2D eigenvalue weighted by molar-refractivity contribution is 6.44. The van der Waals surface area contributed by atoms with Crippen LogP contribution in [0.5, 0.6) is 0 Å². The quantitative estimate of drug-likeness (QED) is 0.734. The van der Waals surface area contributed by atoms with Crippen molar-refractivity contribution in [2.24, 2.45) is 5.73 Å². The molecule has 0 saturated heterocycles. The molecule has 0 atom stereocenters. The number of nitrogens with two attached hydrogens (primary N) is 1. The summed E-state index contributed by atoms with van der Waals surface area (Å²) in [6, 6.07) is 8.89. The van der Waals surface area contributed by atoms with E-state index in [0.717, 1.165) is 16.7 Å². The van der Waals surface area contributed by atoms with Crippen LogP contribution in [0.1, 0.15) is 5.56 Å². The predicted molar refractivity (Wildman–Crippen MR) is 79.8 cm³/mol. The Labute approximate surface area is 125 Å². The van der Waals surface area contributed by atoms with E-state index in [9.17, 15) is 0 Å². The van der Waals surface area contributed by atoms with Gasteiger partial charge in [0.25, 0.3) is 0 Å². The van der Waals surface area contributed by atoms with Crippen molar-refractivity contribution in [3.63, 3.8) is 0 Å². The van der Waals surface area contributed by atoms with Gasteiger partial charge in [-0.1, -0.05) is 46.4 Å². The lowest BCUT2D eigenvalue weighted by atomic mass is 10.0. The molecule has 0 aromatic heterocycles. The zero-order chi connectivity index (χ0) is 13.3. The summed E-state index contributed by atoms with van der Waals surface area (Å²) in [6.07, 6.45) is 0. The molecular formula is C13H9Cl4N. The topological polar surface area (TPSA) is 26.0 Å². The second kappa shape index (κ2) is 5.68. The molecule has 0 unspecified atom stereocenters. The van der Waals surface area contributed by atoms with Gasteiger partial charge < -0.3 is 5.73 Å². The van der Waals surface area contributed by atoms with E-state index in [-0.39, 0.29) is 0 Å². The van der Waals surface area contributed by atoms with Crippen LogP contribution in [0.3, 0.4) is 0 Å². The molecular weight excluding hydrogens is 312 g/mol. The molecule has 0 aliphatic rings. The van der Waals surface area contributed by atoms with Gasteiger partial charge in [-0.05, 0) is 41.5 Å². The highest BCUT2D eigenvalue weighted by atomic mass is 35.5. The van der Waals surface area contributed by atoms with E-state index in [2.05, 4.69) is 0 Å². The van der Waals surface area contributed by atoms with E-state index in [4.69, 9.17) is 52.1 Å². The van der Waals surface area contributed by atoms with Crippen LogP contribution in [0.15, 0.2) is 30.3 Å². The van der Waals surface area contributed by atoms with Crippen LogP contribution in [-0.4, -0.2) is 0 Å². The third-order valence-electron chi connectivity index (χ3n) is 2.51. The Bertz CT molecular complexity index is 596. The largest absolute Gasteiger partial charge is 0.326 e. The summed E-state index contributed by atoms with van der Waals surface area (Å²) in [5.74, 6) is 0. The van der Waals surface area contributed by atoms with Crippen LogP contribution >= 0.6 is 46.4 Å². The molecule has 0 bridgehead atoms. The number of hydrogen-bond donors (Lipinski definition) is 1. The van der Waals surface area contributed by atoms with Gasteiger partial charge in [-0.25, -0.2) is 0 Å². The molecule has 0 saturated carbocycles. The van der Waals surface area contributed by atoms with Gasteiger partial charge in [0.2, 0.25) is 0 Å². The fraction of sp³-hybridized carbons (Fsp3) is 0.0769. The minimum atomic E-state index is 0.409. The van der Waals surface area contributed by atoms with Gasteiger partial charge in [-0.2, -0.15) is 0 Å². The summed E-state index contributed by atoms with van der Waals surface area (Å²) in [6.45, 7) is 0.409. The molecule has 0 radical (unpaired) electrons.